The smallest absolute Gasteiger partial charge is 0.122 e. The molecular formula is C14H14BrNOS. The molecule has 0 amide bonds. The first-order chi connectivity index (χ1) is 8.77. The van der Waals surface area contributed by atoms with Crippen LogP contribution in [0.1, 0.15) is 28.8 Å². The van der Waals surface area contributed by atoms with Crippen LogP contribution >= 0.6 is 27.3 Å². The third-order valence-corrected chi connectivity index (χ3v) is 5.36. The van der Waals surface area contributed by atoms with Gasteiger partial charge in [-0.15, -0.1) is 11.3 Å². The molecule has 2 N–H and O–H groups in total. The molecule has 2 atom stereocenters. The second-order valence-electron chi connectivity index (χ2n) is 4.44. The van der Waals surface area contributed by atoms with Crippen LogP contribution in [-0.2, 0) is 0 Å². The summed E-state index contributed by atoms with van der Waals surface area (Å²) in [4.78, 5) is 1.22. The molecule has 2 unspecified atom stereocenters. The van der Waals surface area contributed by atoms with Crippen LogP contribution in [0.25, 0.3) is 0 Å². The van der Waals surface area contributed by atoms with Crippen LogP contribution in [0.15, 0.2) is 40.2 Å². The van der Waals surface area contributed by atoms with E-state index in [9.17, 15) is 0 Å². The van der Waals surface area contributed by atoms with E-state index in [1.165, 1.54) is 10.4 Å². The fourth-order valence-corrected chi connectivity index (χ4v) is 4.17. The van der Waals surface area contributed by atoms with Gasteiger partial charge in [-0.2, -0.15) is 0 Å². The van der Waals surface area contributed by atoms with E-state index < -0.39 is 0 Å². The summed E-state index contributed by atoms with van der Waals surface area (Å²) in [6.45, 7) is 0.748. The van der Waals surface area contributed by atoms with Gasteiger partial charge < -0.3 is 10.5 Å². The van der Waals surface area contributed by atoms with E-state index in [2.05, 4.69) is 39.5 Å². The number of hydrogen-bond donors (Lipinski definition) is 1. The highest BCUT2D eigenvalue weighted by Crippen LogP contribution is 2.43. The SMILES string of the molecule is NC(c1sccc1Br)C1CCOc2ccccc21. The highest BCUT2D eigenvalue weighted by atomic mass is 79.9. The Kier molecular flexibility index (Phi) is 3.41. The first-order valence-electron chi connectivity index (χ1n) is 5.97. The van der Waals surface area contributed by atoms with E-state index in [1.807, 2.05) is 12.1 Å². The zero-order valence-electron chi connectivity index (χ0n) is 9.80. The number of para-hydroxylation sites is 1. The molecule has 2 aromatic rings. The minimum Gasteiger partial charge on any atom is -0.493 e. The van der Waals surface area contributed by atoms with Gasteiger partial charge in [0.15, 0.2) is 0 Å². The quantitative estimate of drug-likeness (QED) is 0.903. The van der Waals surface area contributed by atoms with E-state index in [-0.39, 0.29) is 6.04 Å². The van der Waals surface area contributed by atoms with Gasteiger partial charge in [0.05, 0.1) is 6.61 Å². The lowest BCUT2D eigenvalue weighted by molar-refractivity contribution is 0.256. The Bertz CT molecular complexity index is 554. The number of rotatable bonds is 2. The van der Waals surface area contributed by atoms with E-state index in [4.69, 9.17) is 10.5 Å². The molecule has 18 heavy (non-hydrogen) atoms. The maximum atomic E-state index is 6.45. The summed E-state index contributed by atoms with van der Waals surface area (Å²) in [7, 11) is 0. The van der Waals surface area contributed by atoms with E-state index >= 15 is 0 Å². The average Bonchev–Trinajstić information content (AvgIpc) is 2.83. The van der Waals surface area contributed by atoms with Gasteiger partial charge in [0.25, 0.3) is 0 Å². The highest BCUT2D eigenvalue weighted by molar-refractivity contribution is 9.10. The van der Waals surface area contributed by atoms with Gasteiger partial charge in [-0.3, -0.25) is 0 Å². The number of thiophene rings is 1. The molecule has 0 fully saturated rings. The lowest BCUT2D eigenvalue weighted by Gasteiger charge is -2.30. The summed E-state index contributed by atoms with van der Waals surface area (Å²) < 4.78 is 6.80. The van der Waals surface area contributed by atoms with Crippen LogP contribution in [0.5, 0.6) is 5.75 Å². The van der Waals surface area contributed by atoms with Crippen molar-refractivity contribution >= 4 is 27.3 Å². The standard InChI is InChI=1S/C14H14BrNOS/c15-11-6-8-18-14(11)13(16)10-5-7-17-12-4-2-1-3-9(10)12/h1-4,6,8,10,13H,5,7,16H2. The summed E-state index contributed by atoms with van der Waals surface area (Å²) in [5, 5.41) is 2.07. The second-order valence-corrected chi connectivity index (χ2v) is 6.24. The first kappa shape index (κ1) is 12.2. The fourth-order valence-electron chi connectivity index (χ4n) is 2.47. The Morgan fingerprint density at radius 2 is 2.17 bits per heavy atom. The molecule has 0 spiro atoms. The predicted octanol–water partition coefficient (Wildman–Crippen LogP) is 4.08. The third-order valence-electron chi connectivity index (χ3n) is 3.39. The summed E-state index contributed by atoms with van der Waals surface area (Å²) in [5.74, 6) is 1.32. The zero-order valence-corrected chi connectivity index (χ0v) is 12.2. The minimum absolute atomic E-state index is 0.0319. The monoisotopic (exact) mass is 323 g/mol. The molecule has 94 valence electrons. The Labute approximate surface area is 119 Å². The summed E-state index contributed by atoms with van der Waals surface area (Å²) in [5.41, 5.74) is 7.69. The maximum absolute atomic E-state index is 6.45. The van der Waals surface area contributed by atoms with Crippen LogP contribution < -0.4 is 10.5 Å². The lowest BCUT2D eigenvalue weighted by atomic mass is 9.86. The Hall–Kier alpha value is -0.840. The van der Waals surface area contributed by atoms with Crippen molar-refractivity contribution in [2.75, 3.05) is 6.61 Å². The highest BCUT2D eigenvalue weighted by Gasteiger charge is 2.29. The van der Waals surface area contributed by atoms with Crippen LogP contribution in [-0.4, -0.2) is 6.61 Å². The van der Waals surface area contributed by atoms with Crippen molar-refractivity contribution in [3.63, 3.8) is 0 Å². The van der Waals surface area contributed by atoms with Crippen LogP contribution in [0.2, 0.25) is 0 Å². The van der Waals surface area contributed by atoms with Crippen molar-refractivity contribution in [1.82, 2.24) is 0 Å². The van der Waals surface area contributed by atoms with Crippen LogP contribution in [0.4, 0.5) is 0 Å². The largest absolute Gasteiger partial charge is 0.493 e. The predicted molar refractivity (Wildman–Crippen MR) is 78.2 cm³/mol. The molecule has 4 heteroatoms. The van der Waals surface area contributed by atoms with Crippen molar-refractivity contribution in [1.29, 1.82) is 0 Å². The van der Waals surface area contributed by atoms with E-state index in [0.717, 1.165) is 23.2 Å². The van der Waals surface area contributed by atoms with Gasteiger partial charge in [-0.25, -0.2) is 0 Å². The summed E-state index contributed by atoms with van der Waals surface area (Å²) in [6, 6.07) is 10.3. The molecule has 2 heterocycles. The molecule has 0 saturated heterocycles. The zero-order chi connectivity index (χ0) is 12.5. The molecule has 0 saturated carbocycles. The van der Waals surface area contributed by atoms with Gasteiger partial charge >= 0.3 is 0 Å². The number of halogens is 1. The van der Waals surface area contributed by atoms with Gasteiger partial charge in [0.2, 0.25) is 0 Å². The lowest BCUT2D eigenvalue weighted by Crippen LogP contribution is -2.25. The number of benzene rings is 1. The molecule has 0 radical (unpaired) electrons. The number of fused-ring (bicyclic) bond motifs is 1. The Morgan fingerprint density at radius 3 is 2.94 bits per heavy atom. The Balaban J connectivity index is 1.97. The molecule has 1 aliphatic heterocycles. The van der Waals surface area contributed by atoms with E-state index in [1.54, 1.807) is 11.3 Å². The summed E-state index contributed by atoms with van der Waals surface area (Å²) in [6.07, 6.45) is 0.975. The molecule has 1 aliphatic rings. The second kappa shape index (κ2) is 5.03. The number of nitrogens with two attached hydrogens (primary N) is 1. The van der Waals surface area contributed by atoms with Crippen molar-refractivity contribution < 1.29 is 4.74 Å². The maximum Gasteiger partial charge on any atom is 0.122 e. The molecule has 0 bridgehead atoms. The molecule has 2 nitrogen and oxygen atoms in total. The van der Waals surface area contributed by atoms with Gasteiger partial charge in [0.1, 0.15) is 5.75 Å². The molecule has 0 aliphatic carbocycles. The fraction of sp³-hybridized carbons (Fsp3) is 0.286. The van der Waals surface area contributed by atoms with Gasteiger partial charge in [-0.05, 0) is 45.4 Å². The van der Waals surface area contributed by atoms with Crippen molar-refractivity contribution in [2.24, 2.45) is 5.73 Å². The molecule has 1 aromatic heterocycles. The van der Waals surface area contributed by atoms with Crippen molar-refractivity contribution in [3.8, 4) is 5.75 Å². The van der Waals surface area contributed by atoms with Crippen LogP contribution in [0.3, 0.4) is 0 Å². The molecule has 1 aromatic carbocycles. The topological polar surface area (TPSA) is 35.2 Å². The third kappa shape index (κ3) is 2.09. The van der Waals surface area contributed by atoms with Crippen molar-refractivity contribution in [2.45, 2.75) is 18.4 Å². The van der Waals surface area contributed by atoms with Gasteiger partial charge in [0, 0.05) is 21.3 Å². The minimum atomic E-state index is 0.0319. The molecule has 3 rings (SSSR count). The van der Waals surface area contributed by atoms with Gasteiger partial charge in [-0.1, -0.05) is 18.2 Å². The number of hydrogen-bond acceptors (Lipinski definition) is 3. The first-order valence-corrected chi connectivity index (χ1v) is 7.65. The Morgan fingerprint density at radius 1 is 1.33 bits per heavy atom. The summed E-state index contributed by atoms with van der Waals surface area (Å²) >= 11 is 5.29. The van der Waals surface area contributed by atoms with E-state index in [0.29, 0.717) is 5.92 Å². The average molecular weight is 324 g/mol. The molecular weight excluding hydrogens is 310 g/mol. The van der Waals surface area contributed by atoms with Crippen LogP contribution in [0, 0.1) is 0 Å². The normalized spacial score (nSPS) is 20.0. The number of ether oxygens (including phenoxy) is 1. The van der Waals surface area contributed by atoms with Crippen molar-refractivity contribution in [3.05, 3.63) is 50.6 Å².